The summed E-state index contributed by atoms with van der Waals surface area (Å²) in [6, 6.07) is 4.15. The van der Waals surface area contributed by atoms with Crippen LogP contribution in [0.1, 0.15) is 5.89 Å². The van der Waals surface area contributed by atoms with Crippen LogP contribution in [0.4, 0.5) is 14.5 Å². The molecule has 0 fully saturated rings. The van der Waals surface area contributed by atoms with Crippen molar-refractivity contribution in [2.45, 2.75) is 13.5 Å². The maximum absolute atomic E-state index is 12.3. The number of aryl methyl sites for hydroxylation is 1. The van der Waals surface area contributed by atoms with E-state index in [0.29, 0.717) is 11.5 Å². The Morgan fingerprint density at radius 2 is 2.29 bits per heavy atom. The van der Waals surface area contributed by atoms with Crippen molar-refractivity contribution in [1.82, 2.24) is 10.1 Å². The van der Waals surface area contributed by atoms with Crippen molar-refractivity contribution in [3.63, 3.8) is 0 Å². The third-order valence-electron chi connectivity index (χ3n) is 2.41. The number of ether oxygens (including phenoxy) is 1. The maximum atomic E-state index is 12.3. The van der Waals surface area contributed by atoms with Gasteiger partial charge in [-0.2, -0.15) is 13.8 Å². The van der Waals surface area contributed by atoms with Gasteiger partial charge in [0.25, 0.3) is 0 Å². The lowest BCUT2D eigenvalue weighted by atomic mass is 10.1. The van der Waals surface area contributed by atoms with Crippen molar-refractivity contribution in [3.8, 4) is 17.1 Å². The van der Waals surface area contributed by atoms with E-state index in [1.165, 1.54) is 18.2 Å². The van der Waals surface area contributed by atoms with E-state index in [-0.39, 0.29) is 17.3 Å². The van der Waals surface area contributed by atoms with Gasteiger partial charge in [0.2, 0.25) is 11.7 Å². The highest BCUT2D eigenvalue weighted by Gasteiger charge is 2.14. The van der Waals surface area contributed by atoms with E-state index in [9.17, 15) is 13.6 Å². The lowest BCUT2D eigenvalue weighted by Gasteiger charge is -2.12. The first-order valence-electron chi connectivity index (χ1n) is 5.81. The smallest absolute Gasteiger partial charge is 0.387 e. The standard InChI is InChI=1S/C12H11F2N3O4/c1-6-16-11(17-21-6)7-2-3-9(20-12(13)14)8(4-7)15-5-10(18)19/h2-4,12,15H,5H2,1H3,(H,18,19). The number of hydrogen-bond donors (Lipinski definition) is 2. The number of nitrogens with zero attached hydrogens (tertiary/aromatic N) is 2. The number of benzene rings is 1. The lowest BCUT2D eigenvalue weighted by molar-refractivity contribution is -0.134. The molecule has 0 unspecified atom stereocenters. The van der Waals surface area contributed by atoms with E-state index in [0.717, 1.165) is 0 Å². The molecule has 112 valence electrons. The van der Waals surface area contributed by atoms with Crippen LogP contribution in [0.5, 0.6) is 5.75 Å². The number of aromatic nitrogens is 2. The summed E-state index contributed by atoms with van der Waals surface area (Å²) in [5.74, 6) is -0.707. The first-order valence-corrected chi connectivity index (χ1v) is 5.81. The Morgan fingerprint density at radius 3 is 2.86 bits per heavy atom. The van der Waals surface area contributed by atoms with E-state index in [4.69, 9.17) is 9.63 Å². The van der Waals surface area contributed by atoms with E-state index in [1.54, 1.807) is 6.92 Å². The van der Waals surface area contributed by atoms with Crippen LogP contribution in [0.3, 0.4) is 0 Å². The van der Waals surface area contributed by atoms with Crippen LogP contribution in [-0.4, -0.2) is 34.4 Å². The zero-order valence-electron chi connectivity index (χ0n) is 10.8. The molecule has 9 heteroatoms. The molecule has 0 saturated heterocycles. The van der Waals surface area contributed by atoms with Crippen molar-refractivity contribution < 1.29 is 27.9 Å². The van der Waals surface area contributed by atoms with Gasteiger partial charge in [0.15, 0.2) is 0 Å². The molecule has 0 aliphatic rings. The fourth-order valence-corrected chi connectivity index (χ4v) is 1.59. The Labute approximate surface area is 117 Å². The normalized spacial score (nSPS) is 10.7. The second kappa shape index (κ2) is 6.16. The summed E-state index contributed by atoms with van der Waals surface area (Å²) in [5, 5.41) is 14.8. The highest BCUT2D eigenvalue weighted by Crippen LogP contribution is 2.30. The third kappa shape index (κ3) is 3.88. The third-order valence-corrected chi connectivity index (χ3v) is 2.41. The average molecular weight is 299 g/mol. The van der Waals surface area contributed by atoms with Gasteiger partial charge in [-0.3, -0.25) is 4.79 Å². The number of anilines is 1. The molecule has 2 rings (SSSR count). The van der Waals surface area contributed by atoms with Crippen LogP contribution in [0.15, 0.2) is 22.7 Å². The van der Waals surface area contributed by atoms with Crippen molar-refractivity contribution >= 4 is 11.7 Å². The predicted octanol–water partition coefficient (Wildman–Crippen LogP) is 2.14. The zero-order valence-corrected chi connectivity index (χ0v) is 10.8. The fraction of sp³-hybridized carbons (Fsp3) is 0.250. The van der Waals surface area contributed by atoms with E-state index < -0.39 is 19.1 Å². The van der Waals surface area contributed by atoms with Crippen LogP contribution in [0, 0.1) is 6.92 Å². The molecule has 2 N–H and O–H groups in total. The molecule has 1 aromatic carbocycles. The number of nitrogens with one attached hydrogen (secondary N) is 1. The first kappa shape index (κ1) is 14.7. The van der Waals surface area contributed by atoms with Crippen LogP contribution in [-0.2, 0) is 4.79 Å². The molecule has 0 aliphatic carbocycles. The molecule has 1 aromatic heterocycles. The predicted molar refractivity (Wildman–Crippen MR) is 67.2 cm³/mol. The van der Waals surface area contributed by atoms with Crippen LogP contribution >= 0.6 is 0 Å². The van der Waals surface area contributed by atoms with Gasteiger partial charge >= 0.3 is 12.6 Å². The Hall–Kier alpha value is -2.71. The number of rotatable bonds is 6. The second-order valence-corrected chi connectivity index (χ2v) is 3.97. The highest BCUT2D eigenvalue weighted by atomic mass is 19.3. The van der Waals surface area contributed by atoms with Gasteiger partial charge in [0.05, 0.1) is 5.69 Å². The van der Waals surface area contributed by atoms with Gasteiger partial charge in [-0.05, 0) is 18.2 Å². The van der Waals surface area contributed by atoms with Crippen molar-refractivity contribution in [3.05, 3.63) is 24.1 Å². The van der Waals surface area contributed by atoms with Gasteiger partial charge in [0, 0.05) is 12.5 Å². The van der Waals surface area contributed by atoms with Crippen LogP contribution < -0.4 is 10.1 Å². The van der Waals surface area contributed by atoms with Crippen LogP contribution in [0.2, 0.25) is 0 Å². The van der Waals surface area contributed by atoms with Gasteiger partial charge in [-0.1, -0.05) is 5.16 Å². The maximum Gasteiger partial charge on any atom is 0.387 e. The minimum Gasteiger partial charge on any atom is -0.480 e. The van der Waals surface area contributed by atoms with Gasteiger partial charge in [0.1, 0.15) is 12.3 Å². The quantitative estimate of drug-likeness (QED) is 0.843. The Morgan fingerprint density at radius 1 is 1.52 bits per heavy atom. The molecular formula is C12H11F2N3O4. The van der Waals surface area contributed by atoms with Crippen molar-refractivity contribution in [2.75, 3.05) is 11.9 Å². The fourth-order valence-electron chi connectivity index (χ4n) is 1.59. The lowest BCUT2D eigenvalue weighted by Crippen LogP contribution is -2.14. The highest BCUT2D eigenvalue weighted by molar-refractivity contribution is 5.75. The summed E-state index contributed by atoms with van der Waals surface area (Å²) >= 11 is 0. The number of hydrogen-bond acceptors (Lipinski definition) is 6. The van der Waals surface area contributed by atoms with Gasteiger partial charge < -0.3 is 19.7 Å². The SMILES string of the molecule is Cc1nc(-c2ccc(OC(F)F)c(NCC(=O)O)c2)no1. The van der Waals surface area contributed by atoms with Gasteiger partial charge in [-0.15, -0.1) is 0 Å². The summed E-state index contributed by atoms with van der Waals surface area (Å²) in [4.78, 5) is 14.6. The average Bonchev–Trinajstić information content (AvgIpc) is 2.83. The Balaban J connectivity index is 2.32. The molecule has 7 nitrogen and oxygen atoms in total. The second-order valence-electron chi connectivity index (χ2n) is 3.97. The summed E-state index contributed by atoms with van der Waals surface area (Å²) < 4.78 is 33.8. The molecule has 0 bridgehead atoms. The molecule has 1 heterocycles. The molecule has 0 amide bonds. The number of halogens is 2. The van der Waals surface area contributed by atoms with Crippen molar-refractivity contribution in [2.24, 2.45) is 0 Å². The number of carboxylic acids is 1. The van der Waals surface area contributed by atoms with E-state index >= 15 is 0 Å². The summed E-state index contributed by atoms with van der Waals surface area (Å²) in [6.45, 7) is -1.86. The summed E-state index contributed by atoms with van der Waals surface area (Å²) in [6.07, 6.45) is 0. The Kier molecular flexibility index (Phi) is 4.31. The summed E-state index contributed by atoms with van der Waals surface area (Å²) in [7, 11) is 0. The Bertz CT molecular complexity index is 645. The molecule has 21 heavy (non-hydrogen) atoms. The van der Waals surface area contributed by atoms with Crippen molar-refractivity contribution in [1.29, 1.82) is 0 Å². The number of carboxylic acid groups (broad SMARTS) is 1. The first-order chi connectivity index (χ1) is 9.95. The largest absolute Gasteiger partial charge is 0.480 e. The molecule has 2 aromatic rings. The zero-order chi connectivity index (χ0) is 15.4. The number of aliphatic carboxylic acids is 1. The molecule has 0 aliphatic heterocycles. The molecule has 0 saturated carbocycles. The minimum atomic E-state index is -3.02. The molecule has 0 spiro atoms. The minimum absolute atomic E-state index is 0.0950. The van der Waals surface area contributed by atoms with E-state index in [1.807, 2.05) is 0 Å². The number of carbonyl (C=O) groups is 1. The molecular weight excluding hydrogens is 288 g/mol. The van der Waals surface area contributed by atoms with E-state index in [2.05, 4.69) is 20.2 Å². The topological polar surface area (TPSA) is 97.5 Å². The van der Waals surface area contributed by atoms with Crippen LogP contribution in [0.25, 0.3) is 11.4 Å². The van der Waals surface area contributed by atoms with Gasteiger partial charge in [-0.25, -0.2) is 0 Å². The monoisotopic (exact) mass is 299 g/mol. The molecule has 0 atom stereocenters. The number of alkyl halides is 2. The molecule has 0 radical (unpaired) electrons. The summed E-state index contributed by atoms with van der Waals surface area (Å²) in [5.41, 5.74) is 0.569.